The molecule has 1 aliphatic rings. The van der Waals surface area contributed by atoms with Crippen LogP contribution in [0, 0.1) is 0 Å². The maximum atomic E-state index is 12.1. The highest BCUT2D eigenvalue weighted by Gasteiger charge is 2.18. The Morgan fingerprint density at radius 2 is 1.93 bits per heavy atom. The largest absolute Gasteiger partial charge is 0.497 e. The first-order valence-electron chi connectivity index (χ1n) is 9.38. The Morgan fingerprint density at radius 3 is 2.67 bits per heavy atom. The van der Waals surface area contributed by atoms with Crippen molar-refractivity contribution in [1.29, 1.82) is 0 Å². The Bertz CT molecular complexity index is 717. The van der Waals surface area contributed by atoms with Crippen LogP contribution in [0.5, 0.6) is 5.75 Å². The van der Waals surface area contributed by atoms with Gasteiger partial charge in [-0.15, -0.1) is 0 Å². The van der Waals surface area contributed by atoms with Crippen LogP contribution < -0.4 is 15.0 Å². The van der Waals surface area contributed by atoms with Crippen molar-refractivity contribution >= 4 is 11.9 Å². The van der Waals surface area contributed by atoms with Crippen LogP contribution in [0.1, 0.15) is 12.0 Å². The normalized spacial score (nSPS) is 14.8. The van der Waals surface area contributed by atoms with Crippen LogP contribution in [0.15, 0.2) is 42.7 Å². The van der Waals surface area contributed by atoms with Crippen molar-refractivity contribution in [3.05, 3.63) is 48.3 Å². The minimum atomic E-state index is 0.0503. The summed E-state index contributed by atoms with van der Waals surface area (Å²) in [6.07, 6.45) is 4.89. The lowest BCUT2D eigenvalue weighted by molar-refractivity contribution is -0.120. The number of aromatic nitrogens is 2. The number of hydrogen-bond donors (Lipinski definition) is 1. The minimum Gasteiger partial charge on any atom is -0.497 e. The first-order valence-corrected chi connectivity index (χ1v) is 9.38. The smallest absolute Gasteiger partial charge is 0.225 e. The number of ether oxygens (including phenoxy) is 1. The average molecular weight is 369 g/mol. The predicted molar refractivity (Wildman–Crippen MR) is 105 cm³/mol. The molecule has 3 rings (SSSR count). The lowest BCUT2D eigenvalue weighted by atomic mass is 10.1. The quantitative estimate of drug-likeness (QED) is 0.709. The molecule has 1 N–H and O–H groups in total. The van der Waals surface area contributed by atoms with Crippen LogP contribution in [-0.2, 0) is 11.2 Å². The number of methoxy groups -OCH3 is 1. The summed E-state index contributed by atoms with van der Waals surface area (Å²) in [5, 5.41) is 3.01. The highest BCUT2D eigenvalue weighted by Crippen LogP contribution is 2.13. The second-order valence-corrected chi connectivity index (χ2v) is 6.61. The summed E-state index contributed by atoms with van der Waals surface area (Å²) in [4.78, 5) is 25.3. The van der Waals surface area contributed by atoms with Crippen molar-refractivity contribution in [3.8, 4) is 5.75 Å². The molecule has 0 unspecified atom stereocenters. The molecule has 1 fully saturated rings. The fraction of sp³-hybridized carbons (Fsp3) is 0.450. The van der Waals surface area contributed by atoms with Gasteiger partial charge in [-0.3, -0.25) is 9.69 Å². The average Bonchev–Trinajstić information content (AvgIpc) is 2.72. The summed E-state index contributed by atoms with van der Waals surface area (Å²) in [5.41, 5.74) is 0.964. The van der Waals surface area contributed by atoms with Crippen LogP contribution in [0.25, 0.3) is 0 Å². The summed E-state index contributed by atoms with van der Waals surface area (Å²) in [6.45, 7) is 5.55. The molecule has 27 heavy (non-hydrogen) atoms. The van der Waals surface area contributed by atoms with Crippen LogP contribution in [0.4, 0.5) is 5.95 Å². The summed E-state index contributed by atoms with van der Waals surface area (Å²) in [6, 6.07) is 9.46. The van der Waals surface area contributed by atoms with Gasteiger partial charge in [0.05, 0.1) is 13.5 Å². The number of benzene rings is 1. The number of rotatable bonds is 8. The van der Waals surface area contributed by atoms with E-state index in [-0.39, 0.29) is 5.91 Å². The number of nitrogens with zero attached hydrogens (tertiary/aromatic N) is 4. The Kier molecular flexibility index (Phi) is 6.98. The number of amides is 1. The fourth-order valence-corrected chi connectivity index (χ4v) is 3.19. The first-order chi connectivity index (χ1) is 13.2. The lowest BCUT2D eigenvalue weighted by Crippen LogP contribution is -2.47. The van der Waals surface area contributed by atoms with Crippen LogP contribution >= 0.6 is 0 Å². The van der Waals surface area contributed by atoms with Gasteiger partial charge in [0, 0.05) is 45.1 Å². The molecular weight excluding hydrogens is 342 g/mol. The highest BCUT2D eigenvalue weighted by atomic mass is 16.5. The van der Waals surface area contributed by atoms with E-state index >= 15 is 0 Å². The molecule has 1 aromatic heterocycles. The third-order valence-electron chi connectivity index (χ3n) is 4.68. The van der Waals surface area contributed by atoms with Crippen LogP contribution in [0.2, 0.25) is 0 Å². The topological polar surface area (TPSA) is 70.6 Å². The monoisotopic (exact) mass is 369 g/mol. The van der Waals surface area contributed by atoms with Crippen molar-refractivity contribution in [2.24, 2.45) is 0 Å². The third kappa shape index (κ3) is 5.92. The minimum absolute atomic E-state index is 0.0503. The SMILES string of the molecule is COc1cccc(CC(=O)NCCCN2CCN(c3ncccn3)CC2)c1. The molecule has 7 heteroatoms. The standard InChI is InChI=1S/C20H27N5O2/c1-27-18-6-2-5-17(15-18)16-19(26)21-9-4-10-24-11-13-25(14-12-24)20-22-7-3-8-23-20/h2-3,5-8,15H,4,9-14,16H2,1H3,(H,21,26). The fourth-order valence-electron chi connectivity index (χ4n) is 3.19. The molecule has 0 atom stereocenters. The van der Waals surface area contributed by atoms with Gasteiger partial charge in [0.15, 0.2) is 0 Å². The van der Waals surface area contributed by atoms with E-state index in [1.54, 1.807) is 19.5 Å². The van der Waals surface area contributed by atoms with E-state index < -0.39 is 0 Å². The maximum Gasteiger partial charge on any atom is 0.225 e. The molecular formula is C20H27N5O2. The van der Waals surface area contributed by atoms with Gasteiger partial charge < -0.3 is 15.0 Å². The molecule has 1 saturated heterocycles. The van der Waals surface area contributed by atoms with Gasteiger partial charge in [-0.1, -0.05) is 12.1 Å². The number of carbonyl (C=O) groups excluding carboxylic acids is 1. The molecule has 2 heterocycles. The van der Waals surface area contributed by atoms with Gasteiger partial charge in [0.25, 0.3) is 0 Å². The Morgan fingerprint density at radius 1 is 1.15 bits per heavy atom. The van der Waals surface area contributed by atoms with Crippen molar-refractivity contribution in [3.63, 3.8) is 0 Å². The molecule has 2 aromatic rings. The molecule has 144 valence electrons. The molecule has 0 saturated carbocycles. The molecule has 0 spiro atoms. The Labute approximate surface area is 160 Å². The highest BCUT2D eigenvalue weighted by molar-refractivity contribution is 5.78. The zero-order valence-electron chi connectivity index (χ0n) is 15.8. The maximum absolute atomic E-state index is 12.1. The molecule has 0 aliphatic carbocycles. The summed E-state index contributed by atoms with van der Waals surface area (Å²) in [7, 11) is 1.63. The Hall–Kier alpha value is -2.67. The first kappa shape index (κ1) is 19.1. The molecule has 7 nitrogen and oxygen atoms in total. The molecule has 0 bridgehead atoms. The van der Waals surface area contributed by atoms with E-state index in [1.165, 1.54) is 0 Å². The van der Waals surface area contributed by atoms with Gasteiger partial charge in [-0.25, -0.2) is 9.97 Å². The number of hydrogen-bond acceptors (Lipinski definition) is 6. The van der Waals surface area contributed by atoms with E-state index in [9.17, 15) is 4.79 Å². The summed E-state index contributed by atoms with van der Waals surface area (Å²) in [5.74, 6) is 1.64. The van der Waals surface area contributed by atoms with Crippen molar-refractivity contribution in [2.45, 2.75) is 12.8 Å². The van der Waals surface area contributed by atoms with Gasteiger partial charge in [-0.05, 0) is 36.7 Å². The van der Waals surface area contributed by atoms with E-state index in [1.807, 2.05) is 30.3 Å². The number of anilines is 1. The molecule has 1 amide bonds. The second-order valence-electron chi connectivity index (χ2n) is 6.61. The van der Waals surface area contributed by atoms with Crippen molar-refractivity contribution in [1.82, 2.24) is 20.2 Å². The lowest BCUT2D eigenvalue weighted by Gasteiger charge is -2.34. The number of nitrogens with one attached hydrogen (secondary N) is 1. The molecule has 0 radical (unpaired) electrons. The zero-order chi connectivity index (χ0) is 18.9. The molecule has 1 aromatic carbocycles. The van der Waals surface area contributed by atoms with E-state index in [4.69, 9.17) is 4.74 Å². The number of piperazine rings is 1. The van der Waals surface area contributed by atoms with Gasteiger partial charge in [0.1, 0.15) is 5.75 Å². The van der Waals surface area contributed by atoms with Gasteiger partial charge in [0.2, 0.25) is 11.9 Å². The zero-order valence-corrected chi connectivity index (χ0v) is 15.8. The van der Waals surface area contributed by atoms with Gasteiger partial charge >= 0.3 is 0 Å². The van der Waals surface area contributed by atoms with Crippen LogP contribution in [-0.4, -0.2) is 67.2 Å². The van der Waals surface area contributed by atoms with Gasteiger partial charge in [-0.2, -0.15) is 0 Å². The van der Waals surface area contributed by atoms with E-state index in [0.717, 1.165) is 56.4 Å². The number of carbonyl (C=O) groups is 1. The predicted octanol–water partition coefficient (Wildman–Crippen LogP) is 1.36. The van der Waals surface area contributed by atoms with Crippen molar-refractivity contribution < 1.29 is 9.53 Å². The van der Waals surface area contributed by atoms with E-state index in [0.29, 0.717) is 13.0 Å². The van der Waals surface area contributed by atoms with E-state index in [2.05, 4.69) is 25.1 Å². The van der Waals surface area contributed by atoms with Crippen LogP contribution in [0.3, 0.4) is 0 Å². The Balaban J connectivity index is 1.31. The third-order valence-corrected chi connectivity index (χ3v) is 4.68. The van der Waals surface area contributed by atoms with Crippen molar-refractivity contribution in [2.75, 3.05) is 51.3 Å². The summed E-state index contributed by atoms with van der Waals surface area (Å²) >= 11 is 0. The summed E-state index contributed by atoms with van der Waals surface area (Å²) < 4.78 is 5.19. The second kappa shape index (κ2) is 9.87. The molecule has 1 aliphatic heterocycles.